The molecular weight excluding hydrogens is 430 g/mol. The van der Waals surface area contributed by atoms with Gasteiger partial charge in [-0.25, -0.2) is 4.79 Å². The minimum atomic E-state index is -3.90. The summed E-state index contributed by atoms with van der Waals surface area (Å²) in [5, 5.41) is 12.8. The molecule has 1 unspecified atom stereocenters. The lowest BCUT2D eigenvalue weighted by atomic mass is 9.88. The van der Waals surface area contributed by atoms with Gasteiger partial charge in [-0.05, 0) is 18.8 Å². The molecule has 0 aromatic rings. The number of carbonyl (C=O) groups excluding carboxylic acids is 3. The van der Waals surface area contributed by atoms with Crippen LogP contribution in [0.1, 0.15) is 60.8 Å². The molecule has 0 spiro atoms. The summed E-state index contributed by atoms with van der Waals surface area (Å²) in [4.78, 5) is 34.8. The van der Waals surface area contributed by atoms with E-state index < -0.39 is 46.3 Å². The van der Waals surface area contributed by atoms with E-state index in [0.29, 0.717) is 6.42 Å². The van der Waals surface area contributed by atoms with Crippen molar-refractivity contribution in [2.45, 2.75) is 73.0 Å². The summed E-state index contributed by atoms with van der Waals surface area (Å²) < 4.78 is 39.2. The van der Waals surface area contributed by atoms with Gasteiger partial charge in [-0.3, -0.25) is 13.8 Å². The van der Waals surface area contributed by atoms with Crippen LogP contribution in [0, 0.1) is 11.3 Å². The maximum absolute atomic E-state index is 12.2. The summed E-state index contributed by atoms with van der Waals surface area (Å²) in [5.41, 5.74) is -1.25. The van der Waals surface area contributed by atoms with Crippen LogP contribution in [0.25, 0.3) is 0 Å². The molecule has 1 amide bonds. The maximum Gasteiger partial charge on any atom is 0.335 e. The highest BCUT2D eigenvalue weighted by molar-refractivity contribution is 7.86. The number of nitrogens with one attached hydrogen (secondary N) is 1. The quantitative estimate of drug-likeness (QED) is 0.206. The van der Waals surface area contributed by atoms with Crippen molar-refractivity contribution >= 4 is 28.0 Å². The van der Waals surface area contributed by atoms with Crippen LogP contribution in [0.15, 0.2) is 0 Å². The van der Waals surface area contributed by atoms with Crippen LogP contribution >= 0.6 is 0 Å². The van der Waals surface area contributed by atoms with Crippen LogP contribution in [0.5, 0.6) is 0 Å². The van der Waals surface area contributed by atoms with Gasteiger partial charge < -0.3 is 19.9 Å². The monoisotopic (exact) mass is 467 g/mol. The molecule has 0 radical (unpaired) electrons. The molecule has 0 aromatic heterocycles. The van der Waals surface area contributed by atoms with Crippen molar-refractivity contribution in [3.05, 3.63) is 0 Å². The molecule has 0 aromatic carbocycles. The van der Waals surface area contributed by atoms with Gasteiger partial charge in [0.2, 0.25) is 5.91 Å². The van der Waals surface area contributed by atoms with Crippen molar-refractivity contribution in [2.75, 3.05) is 25.5 Å². The number of rotatable bonds is 15. The van der Waals surface area contributed by atoms with Gasteiger partial charge >= 0.3 is 11.9 Å². The highest BCUT2D eigenvalue weighted by Crippen LogP contribution is 2.23. The smallest absolute Gasteiger partial charge is 0.335 e. The van der Waals surface area contributed by atoms with Crippen LogP contribution in [0.2, 0.25) is 0 Å². The third-order valence-electron chi connectivity index (χ3n) is 4.26. The number of esters is 2. The molecule has 0 fully saturated rings. The number of aliphatic hydroxyl groups is 1. The van der Waals surface area contributed by atoms with Crippen molar-refractivity contribution in [1.82, 2.24) is 5.32 Å². The molecule has 0 aliphatic heterocycles. The Morgan fingerprint density at radius 3 is 2.29 bits per heavy atom. The van der Waals surface area contributed by atoms with Gasteiger partial charge in [0.15, 0.2) is 6.10 Å². The first-order chi connectivity index (χ1) is 14.2. The summed E-state index contributed by atoms with van der Waals surface area (Å²) >= 11 is 0. The number of amides is 1. The molecular formula is C20H37NO9S. The number of hydrogen-bond donors (Lipinski definition) is 2. The van der Waals surface area contributed by atoms with E-state index in [-0.39, 0.29) is 43.6 Å². The van der Waals surface area contributed by atoms with Crippen molar-refractivity contribution in [1.29, 1.82) is 0 Å². The topological polar surface area (TPSA) is 145 Å². The standard InChI is InChI=1S/C20H37NO9S/c1-7-16(30-17(23)11-14(2)3)12-28-19(25)18(24)20(5,6)13-29-31(26,27)10-8-9-21-15(4)22/h14,16,18,24H,7-13H2,1-6H3,(H,21,22)/t16-,18?/m1/s1. The molecule has 0 saturated heterocycles. The van der Waals surface area contributed by atoms with E-state index in [2.05, 4.69) is 5.32 Å². The minimum Gasteiger partial charge on any atom is -0.460 e. The van der Waals surface area contributed by atoms with Gasteiger partial charge in [-0.1, -0.05) is 34.6 Å². The van der Waals surface area contributed by atoms with E-state index in [1.807, 2.05) is 13.8 Å². The molecule has 0 heterocycles. The average Bonchev–Trinajstić information content (AvgIpc) is 2.65. The van der Waals surface area contributed by atoms with Crippen LogP contribution in [0.4, 0.5) is 0 Å². The zero-order chi connectivity index (χ0) is 24.2. The lowest BCUT2D eigenvalue weighted by Crippen LogP contribution is -2.42. The zero-order valence-corrected chi connectivity index (χ0v) is 20.1. The Morgan fingerprint density at radius 1 is 1.16 bits per heavy atom. The first-order valence-corrected chi connectivity index (χ1v) is 11.9. The molecule has 2 N–H and O–H groups in total. The Morgan fingerprint density at radius 2 is 1.77 bits per heavy atom. The Kier molecular flexibility index (Phi) is 12.9. The Hall–Kier alpha value is -1.72. The zero-order valence-electron chi connectivity index (χ0n) is 19.3. The lowest BCUT2D eigenvalue weighted by Gasteiger charge is -2.28. The molecule has 0 bridgehead atoms. The van der Waals surface area contributed by atoms with E-state index in [0.717, 1.165) is 0 Å². The van der Waals surface area contributed by atoms with E-state index >= 15 is 0 Å². The van der Waals surface area contributed by atoms with Gasteiger partial charge in [-0.15, -0.1) is 0 Å². The molecule has 10 nitrogen and oxygen atoms in total. The van der Waals surface area contributed by atoms with E-state index in [1.54, 1.807) is 6.92 Å². The SMILES string of the molecule is CC[C@H](COC(=O)C(O)C(C)(C)COS(=O)(=O)CCCNC(C)=O)OC(=O)CC(C)C. The molecule has 31 heavy (non-hydrogen) atoms. The maximum atomic E-state index is 12.2. The third-order valence-corrected chi connectivity index (χ3v) is 5.52. The Balaban J connectivity index is 4.59. The van der Waals surface area contributed by atoms with E-state index in [4.69, 9.17) is 13.7 Å². The Bertz CT molecular complexity index is 689. The van der Waals surface area contributed by atoms with Crippen molar-refractivity contribution in [3.63, 3.8) is 0 Å². The van der Waals surface area contributed by atoms with Crippen molar-refractivity contribution in [2.24, 2.45) is 11.3 Å². The first kappa shape index (κ1) is 29.3. The van der Waals surface area contributed by atoms with Crippen LogP contribution in [-0.2, 0) is 38.2 Å². The normalized spacial score (nSPS) is 14.1. The van der Waals surface area contributed by atoms with E-state index in [1.165, 1.54) is 20.8 Å². The van der Waals surface area contributed by atoms with Gasteiger partial charge in [0.1, 0.15) is 12.7 Å². The second kappa shape index (κ2) is 13.6. The highest BCUT2D eigenvalue weighted by Gasteiger charge is 2.37. The fourth-order valence-electron chi connectivity index (χ4n) is 2.27. The van der Waals surface area contributed by atoms with Crippen molar-refractivity contribution < 1.29 is 41.6 Å². The summed E-state index contributed by atoms with van der Waals surface area (Å²) in [7, 11) is -3.90. The van der Waals surface area contributed by atoms with Crippen LogP contribution in [-0.4, -0.2) is 69.1 Å². The van der Waals surface area contributed by atoms with Gasteiger partial charge in [0.05, 0.1) is 12.4 Å². The summed E-state index contributed by atoms with van der Waals surface area (Å²) in [6.07, 6.45) is -1.44. The fraction of sp³-hybridized carbons (Fsp3) is 0.850. The molecule has 0 rings (SSSR count). The average molecular weight is 468 g/mol. The largest absolute Gasteiger partial charge is 0.460 e. The van der Waals surface area contributed by atoms with Gasteiger partial charge in [0.25, 0.3) is 10.1 Å². The molecule has 0 saturated carbocycles. The summed E-state index contributed by atoms with van der Waals surface area (Å²) in [6, 6.07) is 0. The summed E-state index contributed by atoms with van der Waals surface area (Å²) in [6.45, 7) is 9.32. The van der Waals surface area contributed by atoms with Crippen LogP contribution < -0.4 is 5.32 Å². The predicted octanol–water partition coefficient (Wildman–Crippen LogP) is 1.16. The molecule has 2 atom stereocenters. The first-order valence-electron chi connectivity index (χ1n) is 10.4. The van der Waals surface area contributed by atoms with E-state index in [9.17, 15) is 27.9 Å². The third kappa shape index (κ3) is 13.3. The molecule has 0 aliphatic carbocycles. The molecule has 182 valence electrons. The van der Waals surface area contributed by atoms with Crippen LogP contribution in [0.3, 0.4) is 0 Å². The van der Waals surface area contributed by atoms with Gasteiger partial charge in [0, 0.05) is 25.3 Å². The fourth-order valence-corrected chi connectivity index (χ4v) is 3.37. The van der Waals surface area contributed by atoms with Gasteiger partial charge in [-0.2, -0.15) is 8.42 Å². The van der Waals surface area contributed by atoms with Crippen molar-refractivity contribution in [3.8, 4) is 0 Å². The predicted molar refractivity (Wildman–Crippen MR) is 113 cm³/mol. The Labute approximate surface area is 185 Å². The lowest BCUT2D eigenvalue weighted by molar-refractivity contribution is -0.170. The number of hydrogen-bond acceptors (Lipinski definition) is 9. The number of carbonyl (C=O) groups is 3. The number of ether oxygens (including phenoxy) is 2. The summed E-state index contributed by atoms with van der Waals surface area (Å²) in [5.74, 6) is -1.80. The molecule has 0 aliphatic rings. The molecule has 11 heteroatoms. The highest BCUT2D eigenvalue weighted by atomic mass is 32.2. The second-order valence-electron chi connectivity index (χ2n) is 8.50. The second-order valence-corrected chi connectivity index (χ2v) is 10.3. The minimum absolute atomic E-state index is 0.136. The number of aliphatic hydroxyl groups excluding tert-OH is 1.